The van der Waals surface area contributed by atoms with E-state index < -0.39 is 52.5 Å². The highest BCUT2D eigenvalue weighted by atomic mass is 35.5. The van der Waals surface area contributed by atoms with Crippen LogP contribution in [0.3, 0.4) is 0 Å². The van der Waals surface area contributed by atoms with Gasteiger partial charge in [-0.2, -0.15) is 0 Å². The monoisotopic (exact) mass is 567 g/mol. The Bertz CT molecular complexity index is 1300. The maximum Gasteiger partial charge on any atom is 0.187 e. The first-order chi connectivity index (χ1) is 18.8. The van der Waals surface area contributed by atoms with Crippen LogP contribution in [0.5, 0.6) is 0 Å². The molecule has 1 aliphatic carbocycles. The summed E-state index contributed by atoms with van der Waals surface area (Å²) in [7, 11) is 1.17. The minimum atomic E-state index is -1.50. The second-order valence-electron chi connectivity index (χ2n) is 8.23. The van der Waals surface area contributed by atoms with Gasteiger partial charge in [0.1, 0.15) is 23.0 Å². The highest BCUT2D eigenvalue weighted by Crippen LogP contribution is 2.38. The van der Waals surface area contributed by atoms with Crippen molar-refractivity contribution in [3.63, 3.8) is 0 Å². The first-order valence-corrected chi connectivity index (χ1v) is 13.1. The SMILES string of the molecule is CC.CC.CNc1c(F)c(F)c(NC2CN(C3=C4C=C(Cl)C(c5ccccc5F)=CC4N=CN3)C2)c(F)c1F. The van der Waals surface area contributed by atoms with Crippen molar-refractivity contribution in [1.29, 1.82) is 0 Å². The topological polar surface area (TPSA) is 51.7 Å². The zero-order valence-corrected chi connectivity index (χ0v) is 23.0. The Balaban J connectivity index is 0.00000100. The van der Waals surface area contributed by atoms with Gasteiger partial charge >= 0.3 is 0 Å². The number of benzene rings is 2. The van der Waals surface area contributed by atoms with Crippen LogP contribution in [-0.2, 0) is 0 Å². The number of nitrogens with zero attached hydrogens (tertiary/aromatic N) is 2. The lowest BCUT2D eigenvalue weighted by atomic mass is 9.91. The molecule has 1 unspecified atom stereocenters. The van der Waals surface area contributed by atoms with Crippen LogP contribution < -0.4 is 16.0 Å². The van der Waals surface area contributed by atoms with Gasteiger partial charge in [0.2, 0.25) is 0 Å². The minimum Gasteiger partial charge on any atom is -0.383 e. The molecule has 2 aliphatic heterocycles. The van der Waals surface area contributed by atoms with E-state index in [0.717, 1.165) is 5.57 Å². The molecule has 2 aromatic carbocycles. The fourth-order valence-corrected chi connectivity index (χ4v) is 4.61. The molecule has 5 rings (SSSR count). The molecule has 0 bridgehead atoms. The summed E-state index contributed by atoms with van der Waals surface area (Å²) in [5.74, 6) is -5.71. The number of halogens is 6. The molecule has 2 aromatic rings. The van der Waals surface area contributed by atoms with Gasteiger partial charge in [-0.25, -0.2) is 22.0 Å². The zero-order chi connectivity index (χ0) is 28.9. The third kappa shape index (κ3) is 5.75. The molecule has 2 heterocycles. The molecule has 0 saturated carbocycles. The summed E-state index contributed by atoms with van der Waals surface area (Å²) in [6.45, 7) is 8.58. The second-order valence-corrected chi connectivity index (χ2v) is 8.63. The predicted molar refractivity (Wildman–Crippen MR) is 148 cm³/mol. The van der Waals surface area contributed by atoms with Gasteiger partial charge in [0, 0.05) is 41.9 Å². The Morgan fingerprint density at radius 2 is 1.51 bits per heavy atom. The van der Waals surface area contributed by atoms with Crippen molar-refractivity contribution in [3.05, 3.63) is 87.5 Å². The van der Waals surface area contributed by atoms with Gasteiger partial charge in [-0.1, -0.05) is 57.5 Å². The summed E-state index contributed by atoms with van der Waals surface area (Å²) < 4.78 is 71.1. The Morgan fingerprint density at radius 1 is 0.923 bits per heavy atom. The molecule has 1 atom stereocenters. The Morgan fingerprint density at radius 3 is 2.10 bits per heavy atom. The molecule has 0 spiro atoms. The van der Waals surface area contributed by atoms with E-state index in [9.17, 15) is 22.0 Å². The van der Waals surface area contributed by atoms with Crippen LogP contribution in [-0.4, -0.2) is 43.5 Å². The molecule has 210 valence electrons. The highest BCUT2D eigenvalue weighted by Gasteiger charge is 2.35. The van der Waals surface area contributed by atoms with Crippen molar-refractivity contribution >= 4 is 34.9 Å². The molecular weight excluding hydrogens is 537 g/mol. The van der Waals surface area contributed by atoms with E-state index in [4.69, 9.17) is 11.6 Å². The van der Waals surface area contributed by atoms with Crippen LogP contribution in [0.1, 0.15) is 33.3 Å². The van der Waals surface area contributed by atoms with Crippen LogP contribution in [0, 0.1) is 29.1 Å². The molecule has 0 aromatic heterocycles. The predicted octanol–water partition coefficient (Wildman–Crippen LogP) is 7.00. The minimum absolute atomic E-state index is 0.289. The third-order valence-corrected chi connectivity index (χ3v) is 6.43. The fraction of sp³-hybridized carbons (Fsp3) is 0.321. The standard InChI is InChI=1S/C24H19ClF5N5.2C2H6/c1-31-22-18(27)20(29)23(21(30)19(22)28)34-11-8-35(9-11)24-14-6-15(25)13(7-17(14)32-10-33-24)12-4-2-3-5-16(12)26;2*1-2/h2-7,10-11,17,31,34H,8-9H2,1H3,(H,32,33);2*1-2H3. The van der Waals surface area contributed by atoms with Gasteiger partial charge in [0.05, 0.1) is 18.4 Å². The van der Waals surface area contributed by atoms with Crippen LogP contribution in [0.15, 0.2) is 57.8 Å². The smallest absolute Gasteiger partial charge is 0.187 e. The van der Waals surface area contributed by atoms with Gasteiger partial charge < -0.3 is 20.9 Å². The van der Waals surface area contributed by atoms with Crippen molar-refractivity contribution in [2.24, 2.45) is 4.99 Å². The largest absolute Gasteiger partial charge is 0.383 e. The van der Waals surface area contributed by atoms with Crippen molar-refractivity contribution < 1.29 is 22.0 Å². The number of allylic oxidation sites excluding steroid dienone is 2. The number of nitrogens with one attached hydrogen (secondary N) is 3. The van der Waals surface area contributed by atoms with Crippen LogP contribution >= 0.6 is 11.6 Å². The Labute approximate surface area is 230 Å². The quantitative estimate of drug-likeness (QED) is 0.269. The van der Waals surface area contributed by atoms with E-state index in [-0.39, 0.29) is 13.1 Å². The lowest BCUT2D eigenvalue weighted by Crippen LogP contribution is -2.57. The third-order valence-electron chi connectivity index (χ3n) is 6.12. The van der Waals surface area contributed by atoms with E-state index in [1.54, 1.807) is 30.4 Å². The van der Waals surface area contributed by atoms with Crippen molar-refractivity contribution in [1.82, 2.24) is 10.2 Å². The summed E-state index contributed by atoms with van der Waals surface area (Å²) in [4.78, 5) is 6.27. The molecule has 1 saturated heterocycles. The van der Waals surface area contributed by atoms with E-state index in [1.165, 1.54) is 19.5 Å². The van der Waals surface area contributed by atoms with Crippen molar-refractivity contribution in [2.45, 2.75) is 39.8 Å². The molecule has 39 heavy (non-hydrogen) atoms. The summed E-state index contributed by atoms with van der Waals surface area (Å²) in [5, 5.41) is 8.06. The number of rotatable bonds is 5. The first kappa shape index (κ1) is 30.0. The summed E-state index contributed by atoms with van der Waals surface area (Å²) in [5.41, 5.74) is -0.0864. The van der Waals surface area contributed by atoms with Gasteiger partial charge in [0.25, 0.3) is 0 Å². The van der Waals surface area contributed by atoms with Gasteiger partial charge in [-0.3, -0.25) is 4.99 Å². The summed E-state index contributed by atoms with van der Waals surface area (Å²) >= 11 is 6.49. The summed E-state index contributed by atoms with van der Waals surface area (Å²) in [6.07, 6.45) is 4.98. The number of aliphatic imine (C=N–C) groups is 1. The average Bonchev–Trinajstić information content (AvgIpc) is 2.93. The number of hydrogen-bond acceptors (Lipinski definition) is 5. The van der Waals surface area contributed by atoms with E-state index in [0.29, 0.717) is 22.0 Å². The molecule has 3 aliphatic rings. The normalized spacial score (nSPS) is 17.8. The Hall–Kier alpha value is -3.53. The first-order valence-electron chi connectivity index (χ1n) is 12.7. The van der Waals surface area contributed by atoms with Crippen LogP contribution in [0.2, 0.25) is 0 Å². The molecule has 0 amide bonds. The molecular formula is C28H31ClF5N5. The van der Waals surface area contributed by atoms with E-state index in [1.807, 2.05) is 32.6 Å². The van der Waals surface area contributed by atoms with Crippen molar-refractivity contribution in [2.75, 3.05) is 30.8 Å². The maximum absolute atomic E-state index is 14.3. The zero-order valence-electron chi connectivity index (χ0n) is 22.3. The lowest BCUT2D eigenvalue weighted by molar-refractivity contribution is 0.202. The molecule has 11 heteroatoms. The number of likely N-dealkylation sites (tertiary alicyclic amines) is 1. The fourth-order valence-electron chi connectivity index (χ4n) is 4.33. The average molecular weight is 568 g/mol. The molecule has 1 fully saturated rings. The molecule has 3 N–H and O–H groups in total. The lowest BCUT2D eigenvalue weighted by Gasteiger charge is -2.44. The summed E-state index contributed by atoms with van der Waals surface area (Å²) in [6, 6.07) is 5.41. The number of hydrogen-bond donors (Lipinski definition) is 3. The maximum atomic E-state index is 14.3. The van der Waals surface area contributed by atoms with Crippen LogP contribution in [0.25, 0.3) is 5.57 Å². The number of anilines is 2. The van der Waals surface area contributed by atoms with Crippen molar-refractivity contribution in [3.8, 4) is 0 Å². The van der Waals surface area contributed by atoms with Gasteiger partial charge in [0.15, 0.2) is 23.3 Å². The Kier molecular flexibility index (Phi) is 10.0. The second kappa shape index (κ2) is 13.0. The molecule has 5 nitrogen and oxygen atoms in total. The number of fused-ring (bicyclic) bond motifs is 1. The van der Waals surface area contributed by atoms with E-state index in [2.05, 4.69) is 20.9 Å². The van der Waals surface area contributed by atoms with E-state index >= 15 is 0 Å². The van der Waals surface area contributed by atoms with Gasteiger partial charge in [-0.05, 0) is 18.2 Å². The van der Waals surface area contributed by atoms with Gasteiger partial charge in [-0.15, -0.1) is 0 Å². The van der Waals surface area contributed by atoms with Crippen LogP contribution in [0.4, 0.5) is 33.3 Å². The highest BCUT2D eigenvalue weighted by molar-refractivity contribution is 6.37. The molecule has 0 radical (unpaired) electrons.